The number of phenolic OH excluding ortho intramolecular Hbond substituents is 1. The summed E-state index contributed by atoms with van der Waals surface area (Å²) in [6.07, 6.45) is 0. The predicted octanol–water partition coefficient (Wildman–Crippen LogP) is 1.73. The van der Waals surface area contributed by atoms with Crippen LogP contribution < -0.4 is 0 Å². The first-order valence-electron chi connectivity index (χ1n) is 6.71. The van der Waals surface area contributed by atoms with Crippen LogP contribution in [-0.2, 0) is 4.57 Å². The van der Waals surface area contributed by atoms with Crippen LogP contribution in [-0.4, -0.2) is 58.0 Å². The van der Waals surface area contributed by atoms with Crippen molar-refractivity contribution in [2.75, 3.05) is 27.7 Å². The van der Waals surface area contributed by atoms with Gasteiger partial charge in [0.1, 0.15) is 12.3 Å². The van der Waals surface area contributed by atoms with E-state index in [9.17, 15) is 9.67 Å². The molecule has 0 fully saturated rings. The average molecular weight is 328 g/mol. The maximum absolute atomic E-state index is 10.4. The van der Waals surface area contributed by atoms with E-state index in [2.05, 4.69) is 0 Å². The average Bonchev–Trinajstić information content (AvgIpc) is 2.37. The van der Waals surface area contributed by atoms with Gasteiger partial charge in [0.15, 0.2) is 0 Å². The standard InChI is InChI=1S/C10H8O.C5H14NO4P/c11-10-7-3-5-8-4-1-2-6-9(8)10;1-6(2,3)4-5(7)11(8,9)10/h1-7,11H;5,7H,4H2,1-3H3,(H-,8,9,10)/p+1. The van der Waals surface area contributed by atoms with Gasteiger partial charge < -0.3 is 24.5 Å². The van der Waals surface area contributed by atoms with E-state index in [-0.39, 0.29) is 6.54 Å². The first-order chi connectivity index (χ1) is 10.0. The number of hydrogen-bond acceptors (Lipinski definition) is 3. The molecule has 0 heterocycles. The largest absolute Gasteiger partial charge is 0.507 e. The lowest BCUT2D eigenvalue weighted by Crippen LogP contribution is -2.41. The van der Waals surface area contributed by atoms with E-state index in [0.717, 1.165) is 10.8 Å². The first-order valence-corrected chi connectivity index (χ1v) is 8.39. The molecular formula is C15H23NO5P+. The van der Waals surface area contributed by atoms with E-state index in [1.54, 1.807) is 27.2 Å². The molecule has 7 heteroatoms. The summed E-state index contributed by atoms with van der Waals surface area (Å²) in [6.45, 7) is 0.0459. The van der Waals surface area contributed by atoms with E-state index in [4.69, 9.17) is 14.9 Å². The molecule has 2 aromatic carbocycles. The molecule has 6 nitrogen and oxygen atoms in total. The summed E-state index contributed by atoms with van der Waals surface area (Å²) in [7, 11) is 0.933. The molecule has 0 bridgehead atoms. The van der Waals surface area contributed by atoms with Crippen LogP contribution >= 0.6 is 7.60 Å². The Bertz CT molecular complexity index is 657. The molecule has 2 aromatic rings. The highest BCUT2D eigenvalue weighted by molar-refractivity contribution is 7.52. The number of fused-ring (bicyclic) bond motifs is 1. The van der Waals surface area contributed by atoms with Gasteiger partial charge in [0.2, 0.25) is 5.85 Å². The van der Waals surface area contributed by atoms with Gasteiger partial charge in [-0.15, -0.1) is 0 Å². The summed E-state index contributed by atoms with van der Waals surface area (Å²) in [5, 5.41) is 20.3. The molecule has 0 aromatic heterocycles. The Morgan fingerprint density at radius 2 is 1.59 bits per heavy atom. The molecule has 0 spiro atoms. The molecule has 0 radical (unpaired) electrons. The molecule has 1 unspecified atom stereocenters. The Kier molecular flexibility index (Phi) is 6.11. The highest BCUT2D eigenvalue weighted by atomic mass is 31.2. The Morgan fingerprint density at radius 1 is 1.05 bits per heavy atom. The second kappa shape index (κ2) is 7.22. The van der Waals surface area contributed by atoms with Gasteiger partial charge >= 0.3 is 7.60 Å². The monoisotopic (exact) mass is 328 g/mol. The van der Waals surface area contributed by atoms with Crippen LogP contribution in [0.15, 0.2) is 42.5 Å². The quantitative estimate of drug-likeness (QED) is 0.508. The SMILES string of the molecule is C[N+](C)(C)CC(O)P(=O)(O)O.Oc1cccc2ccccc12. The lowest BCUT2D eigenvalue weighted by Gasteiger charge is -2.26. The molecule has 0 aliphatic heterocycles. The summed E-state index contributed by atoms with van der Waals surface area (Å²) in [5.41, 5.74) is 0. The van der Waals surface area contributed by atoms with Gasteiger partial charge in [0.25, 0.3) is 0 Å². The molecular weight excluding hydrogens is 305 g/mol. The smallest absolute Gasteiger partial charge is 0.359 e. The van der Waals surface area contributed by atoms with Gasteiger partial charge in [-0.25, -0.2) is 0 Å². The molecule has 0 saturated carbocycles. The summed E-state index contributed by atoms with van der Waals surface area (Å²) in [5.74, 6) is -1.20. The van der Waals surface area contributed by atoms with Crippen molar-refractivity contribution in [2.45, 2.75) is 5.85 Å². The maximum atomic E-state index is 10.4. The van der Waals surface area contributed by atoms with Gasteiger partial charge in [-0.2, -0.15) is 0 Å². The van der Waals surface area contributed by atoms with Crippen molar-refractivity contribution in [1.82, 2.24) is 0 Å². The van der Waals surface area contributed by atoms with Crippen molar-refractivity contribution in [3.05, 3.63) is 42.5 Å². The summed E-state index contributed by atoms with van der Waals surface area (Å²) in [4.78, 5) is 17.0. The Morgan fingerprint density at radius 3 is 2.05 bits per heavy atom. The molecule has 0 saturated heterocycles. The third kappa shape index (κ3) is 6.13. The van der Waals surface area contributed by atoms with Crippen molar-refractivity contribution in [3.63, 3.8) is 0 Å². The highest BCUT2D eigenvalue weighted by Crippen LogP contribution is 2.39. The predicted molar refractivity (Wildman–Crippen MR) is 86.6 cm³/mol. The minimum Gasteiger partial charge on any atom is -0.507 e. The summed E-state index contributed by atoms with van der Waals surface area (Å²) >= 11 is 0. The molecule has 1 atom stereocenters. The van der Waals surface area contributed by atoms with Crippen molar-refractivity contribution >= 4 is 18.4 Å². The van der Waals surface area contributed by atoms with E-state index in [0.29, 0.717) is 10.2 Å². The molecule has 122 valence electrons. The van der Waals surface area contributed by atoms with Gasteiger partial charge in [0, 0.05) is 5.39 Å². The number of benzene rings is 2. The zero-order chi connectivity index (χ0) is 17.0. The lowest BCUT2D eigenvalue weighted by atomic mass is 10.1. The van der Waals surface area contributed by atoms with E-state index >= 15 is 0 Å². The fraction of sp³-hybridized carbons (Fsp3) is 0.333. The van der Waals surface area contributed by atoms with Crippen LogP contribution in [0.2, 0.25) is 0 Å². The Hall–Kier alpha value is -1.43. The Labute approximate surface area is 130 Å². The summed E-state index contributed by atoms with van der Waals surface area (Å²) < 4.78 is 10.8. The number of quaternary nitrogens is 1. The number of rotatable bonds is 3. The van der Waals surface area contributed by atoms with Crippen LogP contribution in [0, 0.1) is 0 Å². The topological polar surface area (TPSA) is 98.0 Å². The fourth-order valence-electron chi connectivity index (χ4n) is 1.80. The van der Waals surface area contributed by atoms with Gasteiger partial charge in [0.05, 0.1) is 21.1 Å². The van der Waals surface area contributed by atoms with Crippen molar-refractivity contribution in [2.24, 2.45) is 0 Å². The number of aliphatic hydroxyl groups is 1. The second-order valence-corrected chi connectivity index (χ2v) is 7.82. The molecule has 4 N–H and O–H groups in total. The zero-order valence-electron chi connectivity index (χ0n) is 12.9. The van der Waals surface area contributed by atoms with Crippen molar-refractivity contribution in [1.29, 1.82) is 0 Å². The third-order valence-electron chi connectivity index (χ3n) is 2.87. The van der Waals surface area contributed by atoms with E-state index in [1.807, 2.05) is 36.4 Å². The number of aromatic hydroxyl groups is 1. The number of likely N-dealkylation sites (N-methyl/N-ethyl adjacent to an activating group) is 1. The van der Waals surface area contributed by atoms with E-state index in [1.165, 1.54) is 0 Å². The van der Waals surface area contributed by atoms with Crippen LogP contribution in [0.25, 0.3) is 10.8 Å². The number of phenols is 1. The number of hydrogen-bond donors (Lipinski definition) is 4. The van der Waals surface area contributed by atoms with Crippen LogP contribution in [0.5, 0.6) is 5.75 Å². The minimum atomic E-state index is -4.31. The molecule has 0 aliphatic carbocycles. The Balaban J connectivity index is 0.000000220. The van der Waals surface area contributed by atoms with Gasteiger partial charge in [-0.1, -0.05) is 36.4 Å². The minimum absolute atomic E-state index is 0.0459. The summed E-state index contributed by atoms with van der Waals surface area (Å²) in [6, 6.07) is 13.3. The normalized spacial score (nSPS) is 13.4. The van der Waals surface area contributed by atoms with Crippen molar-refractivity contribution < 1.29 is 29.0 Å². The lowest BCUT2D eigenvalue weighted by molar-refractivity contribution is -0.872. The second-order valence-electron chi connectivity index (χ2n) is 6.04. The molecule has 0 aliphatic rings. The number of aliphatic hydroxyl groups excluding tert-OH is 1. The first kappa shape index (κ1) is 18.6. The van der Waals surface area contributed by atoms with Crippen molar-refractivity contribution in [3.8, 4) is 5.75 Å². The molecule has 0 amide bonds. The molecule has 2 rings (SSSR count). The van der Waals surface area contributed by atoms with Crippen LogP contribution in [0.4, 0.5) is 0 Å². The fourth-order valence-corrected chi connectivity index (χ4v) is 2.51. The number of nitrogens with zero attached hydrogens (tertiary/aromatic N) is 1. The van der Waals surface area contributed by atoms with Gasteiger partial charge in [-0.3, -0.25) is 4.57 Å². The zero-order valence-corrected chi connectivity index (χ0v) is 13.8. The highest BCUT2D eigenvalue weighted by Gasteiger charge is 2.31. The molecule has 22 heavy (non-hydrogen) atoms. The van der Waals surface area contributed by atoms with Crippen LogP contribution in [0.3, 0.4) is 0 Å². The third-order valence-corrected chi connectivity index (χ3v) is 3.81. The van der Waals surface area contributed by atoms with Gasteiger partial charge in [-0.05, 0) is 11.5 Å². The maximum Gasteiger partial charge on any atom is 0.359 e. The van der Waals surface area contributed by atoms with E-state index < -0.39 is 13.4 Å². The van der Waals surface area contributed by atoms with Crippen LogP contribution in [0.1, 0.15) is 0 Å².